The summed E-state index contributed by atoms with van der Waals surface area (Å²) in [6, 6.07) is 11.7. The number of sulfonamides is 1. The number of benzene rings is 2. The van der Waals surface area contributed by atoms with E-state index in [9.17, 15) is 8.42 Å². The van der Waals surface area contributed by atoms with Gasteiger partial charge in [-0.1, -0.05) is 23.7 Å². The third-order valence-corrected chi connectivity index (χ3v) is 5.98. The third kappa shape index (κ3) is 4.08. The van der Waals surface area contributed by atoms with Gasteiger partial charge in [0, 0.05) is 17.1 Å². The van der Waals surface area contributed by atoms with Gasteiger partial charge in [0.15, 0.2) is 0 Å². The van der Waals surface area contributed by atoms with Gasteiger partial charge in [-0.25, -0.2) is 13.1 Å². The van der Waals surface area contributed by atoms with Gasteiger partial charge in [-0.2, -0.15) is 0 Å². The maximum Gasteiger partial charge on any atom is 0.244 e. The van der Waals surface area contributed by atoms with E-state index in [-0.39, 0.29) is 22.6 Å². The number of hydrogen-bond donors (Lipinski definition) is 1. The lowest BCUT2D eigenvalue weighted by molar-refractivity contribution is 0.391. The van der Waals surface area contributed by atoms with Crippen molar-refractivity contribution in [2.45, 2.75) is 23.8 Å². The number of ether oxygens (including phenoxy) is 2. The molecule has 1 atom stereocenters. The summed E-state index contributed by atoms with van der Waals surface area (Å²) in [6.45, 7) is 0. The molecular formula is C18H20ClNO4S. The highest BCUT2D eigenvalue weighted by Crippen LogP contribution is 2.42. The maximum atomic E-state index is 13.0. The van der Waals surface area contributed by atoms with Gasteiger partial charge in [0.25, 0.3) is 0 Å². The fourth-order valence-electron chi connectivity index (χ4n) is 2.76. The van der Waals surface area contributed by atoms with Crippen molar-refractivity contribution in [2.75, 3.05) is 14.2 Å². The molecule has 0 amide bonds. The van der Waals surface area contributed by atoms with Crippen molar-refractivity contribution in [3.8, 4) is 11.5 Å². The number of halogens is 1. The number of hydrogen-bond acceptors (Lipinski definition) is 4. The van der Waals surface area contributed by atoms with E-state index in [1.165, 1.54) is 20.3 Å². The van der Waals surface area contributed by atoms with Gasteiger partial charge in [-0.15, -0.1) is 0 Å². The molecular weight excluding hydrogens is 362 g/mol. The number of nitrogens with one attached hydrogen (secondary N) is 1. The topological polar surface area (TPSA) is 64.6 Å². The molecule has 1 aliphatic rings. The van der Waals surface area contributed by atoms with E-state index in [0.29, 0.717) is 10.8 Å². The Bertz CT molecular complexity index is 848. The molecule has 0 bridgehead atoms. The fourth-order valence-corrected chi connectivity index (χ4v) is 4.36. The third-order valence-electron chi connectivity index (χ3n) is 4.26. The lowest BCUT2D eigenvalue weighted by Gasteiger charge is -2.20. The highest BCUT2D eigenvalue weighted by molar-refractivity contribution is 7.89. The van der Waals surface area contributed by atoms with Gasteiger partial charge in [0.1, 0.15) is 16.4 Å². The van der Waals surface area contributed by atoms with E-state index in [0.717, 1.165) is 18.4 Å². The molecule has 0 aromatic heterocycles. The van der Waals surface area contributed by atoms with Gasteiger partial charge in [-0.05, 0) is 48.6 Å². The second-order valence-electron chi connectivity index (χ2n) is 6.00. The summed E-state index contributed by atoms with van der Waals surface area (Å²) in [7, 11) is -0.851. The Labute approximate surface area is 153 Å². The van der Waals surface area contributed by atoms with Gasteiger partial charge >= 0.3 is 0 Å². The van der Waals surface area contributed by atoms with Crippen molar-refractivity contribution >= 4 is 21.6 Å². The molecule has 0 spiro atoms. The maximum absolute atomic E-state index is 13.0. The van der Waals surface area contributed by atoms with Crippen LogP contribution in [0.2, 0.25) is 5.02 Å². The Kier molecular flexibility index (Phi) is 5.22. The monoisotopic (exact) mass is 381 g/mol. The van der Waals surface area contributed by atoms with Gasteiger partial charge in [0.2, 0.25) is 10.0 Å². The van der Waals surface area contributed by atoms with Gasteiger partial charge < -0.3 is 9.47 Å². The Morgan fingerprint density at radius 3 is 2.32 bits per heavy atom. The first-order chi connectivity index (χ1) is 11.9. The first-order valence-corrected chi connectivity index (χ1v) is 9.80. The summed E-state index contributed by atoms with van der Waals surface area (Å²) < 4.78 is 39.2. The molecule has 1 saturated carbocycles. The molecule has 5 nitrogen and oxygen atoms in total. The van der Waals surface area contributed by atoms with E-state index in [1.807, 2.05) is 12.1 Å². The first kappa shape index (κ1) is 18.0. The van der Waals surface area contributed by atoms with Gasteiger partial charge in [0.05, 0.1) is 14.2 Å². The van der Waals surface area contributed by atoms with E-state index in [2.05, 4.69) is 4.72 Å². The van der Waals surface area contributed by atoms with Crippen molar-refractivity contribution in [3.05, 3.63) is 53.1 Å². The van der Waals surface area contributed by atoms with Crippen molar-refractivity contribution in [2.24, 2.45) is 5.92 Å². The van der Waals surface area contributed by atoms with Crippen LogP contribution in [0, 0.1) is 5.92 Å². The minimum absolute atomic E-state index is 0.0639. The van der Waals surface area contributed by atoms with Crippen LogP contribution in [-0.4, -0.2) is 22.6 Å². The second kappa shape index (κ2) is 7.23. The van der Waals surface area contributed by atoms with E-state index in [1.54, 1.807) is 24.3 Å². The molecule has 0 aliphatic heterocycles. The summed E-state index contributed by atoms with van der Waals surface area (Å²) >= 11 is 5.94. The molecule has 3 rings (SSSR count). The lowest BCUT2D eigenvalue weighted by Crippen LogP contribution is -2.30. The Morgan fingerprint density at radius 1 is 1.08 bits per heavy atom. The van der Waals surface area contributed by atoms with Crippen LogP contribution in [0.5, 0.6) is 11.5 Å². The summed E-state index contributed by atoms with van der Waals surface area (Å²) in [5.74, 6) is 1.02. The van der Waals surface area contributed by atoms with Crippen LogP contribution in [0.4, 0.5) is 0 Å². The molecule has 0 heterocycles. The molecule has 7 heteroatoms. The van der Waals surface area contributed by atoms with Crippen molar-refractivity contribution in [1.82, 2.24) is 4.72 Å². The zero-order valence-electron chi connectivity index (χ0n) is 14.0. The predicted molar refractivity (Wildman–Crippen MR) is 96.8 cm³/mol. The van der Waals surface area contributed by atoms with Crippen LogP contribution in [0.1, 0.15) is 24.4 Å². The molecule has 0 saturated heterocycles. The first-order valence-electron chi connectivity index (χ1n) is 7.94. The zero-order chi connectivity index (χ0) is 18.0. The molecule has 1 N–H and O–H groups in total. The molecule has 0 unspecified atom stereocenters. The van der Waals surface area contributed by atoms with E-state index >= 15 is 0 Å². The largest absolute Gasteiger partial charge is 0.497 e. The van der Waals surface area contributed by atoms with Crippen molar-refractivity contribution < 1.29 is 17.9 Å². The van der Waals surface area contributed by atoms with Gasteiger partial charge in [-0.3, -0.25) is 0 Å². The van der Waals surface area contributed by atoms with Crippen LogP contribution in [-0.2, 0) is 10.0 Å². The molecule has 2 aromatic rings. The summed E-state index contributed by atoms with van der Waals surface area (Å²) in [4.78, 5) is 0.0639. The Hall–Kier alpha value is -1.76. The molecule has 1 fully saturated rings. The number of rotatable bonds is 7. The van der Waals surface area contributed by atoms with Crippen molar-refractivity contribution in [3.63, 3.8) is 0 Å². The van der Waals surface area contributed by atoms with Crippen LogP contribution in [0.3, 0.4) is 0 Å². The average Bonchev–Trinajstić information content (AvgIpc) is 3.45. The van der Waals surface area contributed by atoms with Crippen LogP contribution in [0.15, 0.2) is 47.4 Å². The Morgan fingerprint density at radius 2 is 1.76 bits per heavy atom. The van der Waals surface area contributed by atoms with Crippen molar-refractivity contribution in [1.29, 1.82) is 0 Å². The molecule has 25 heavy (non-hydrogen) atoms. The fraction of sp³-hybridized carbons (Fsp3) is 0.333. The van der Waals surface area contributed by atoms with Crippen LogP contribution >= 0.6 is 11.6 Å². The molecule has 1 aliphatic carbocycles. The lowest BCUT2D eigenvalue weighted by atomic mass is 10.0. The summed E-state index contributed by atoms with van der Waals surface area (Å²) in [5.41, 5.74) is 0.900. The normalized spacial score (nSPS) is 15.6. The van der Waals surface area contributed by atoms with Crippen LogP contribution in [0.25, 0.3) is 0 Å². The number of methoxy groups -OCH3 is 2. The SMILES string of the molecule is COc1ccc(OC)c(S(=O)(=O)N[C@H](c2ccc(Cl)cc2)C2CC2)c1. The Balaban J connectivity index is 1.95. The van der Waals surface area contributed by atoms with E-state index in [4.69, 9.17) is 21.1 Å². The minimum atomic E-state index is -3.79. The highest BCUT2D eigenvalue weighted by atomic mass is 35.5. The summed E-state index contributed by atoms with van der Waals surface area (Å²) in [5, 5.41) is 0.621. The van der Waals surface area contributed by atoms with Crippen LogP contribution < -0.4 is 14.2 Å². The zero-order valence-corrected chi connectivity index (χ0v) is 15.6. The second-order valence-corrected chi connectivity index (χ2v) is 8.12. The molecule has 2 aromatic carbocycles. The average molecular weight is 382 g/mol. The predicted octanol–water partition coefficient (Wildman–Crippen LogP) is 3.79. The highest BCUT2D eigenvalue weighted by Gasteiger charge is 2.36. The summed E-state index contributed by atoms with van der Waals surface area (Å²) in [6.07, 6.45) is 1.98. The standard InChI is InChI=1S/C18H20ClNO4S/c1-23-15-9-10-16(24-2)17(11-15)25(21,22)20-18(12-3-4-12)13-5-7-14(19)8-6-13/h5-12,18,20H,3-4H2,1-2H3/t18-/m0/s1. The molecule has 0 radical (unpaired) electrons. The van der Waals surface area contributed by atoms with E-state index < -0.39 is 10.0 Å². The molecule has 134 valence electrons. The smallest absolute Gasteiger partial charge is 0.244 e. The quantitative estimate of drug-likeness (QED) is 0.792. The minimum Gasteiger partial charge on any atom is -0.497 e.